The van der Waals surface area contributed by atoms with Crippen molar-refractivity contribution in [3.8, 4) is 22.4 Å². The van der Waals surface area contributed by atoms with E-state index in [1.54, 1.807) is 0 Å². The third kappa shape index (κ3) is 9.70. The Bertz CT molecular complexity index is 1710. The molecule has 1 aromatic heterocycles. The van der Waals surface area contributed by atoms with Crippen LogP contribution in [0.5, 0.6) is 0 Å². The number of allylic oxidation sites excluding steroid dienone is 2. The number of carbonyl (C=O) groups is 1. The van der Waals surface area contributed by atoms with Gasteiger partial charge in [-0.05, 0) is 65.8 Å². The summed E-state index contributed by atoms with van der Waals surface area (Å²) >= 11 is 0. The summed E-state index contributed by atoms with van der Waals surface area (Å²) in [5.74, 6) is -2.04. The van der Waals surface area contributed by atoms with Crippen LogP contribution in [0.2, 0.25) is 0 Å². The van der Waals surface area contributed by atoms with E-state index in [0.29, 0.717) is 6.42 Å². The van der Waals surface area contributed by atoms with Crippen LogP contribution < -0.4 is 0 Å². The van der Waals surface area contributed by atoms with Gasteiger partial charge in [-0.1, -0.05) is 102 Å². The summed E-state index contributed by atoms with van der Waals surface area (Å²) in [6.07, 6.45) is 6.90. The molecular weight excluding hydrogens is 781 g/mol. The van der Waals surface area contributed by atoms with E-state index in [-0.39, 0.29) is 61.7 Å². The molecule has 1 aliphatic carbocycles. The van der Waals surface area contributed by atoms with E-state index in [2.05, 4.69) is 68.2 Å². The first-order valence-corrected chi connectivity index (χ1v) is 17.2. The van der Waals surface area contributed by atoms with E-state index in [0.717, 1.165) is 64.6 Å². The second-order valence-electron chi connectivity index (χ2n) is 13.8. The van der Waals surface area contributed by atoms with Gasteiger partial charge in [0.2, 0.25) is 0 Å². The summed E-state index contributed by atoms with van der Waals surface area (Å²) in [6.45, 7) is 14.7. The zero-order chi connectivity index (χ0) is 34.4. The second-order valence-corrected chi connectivity index (χ2v) is 13.8. The number of carbonyl (C=O) groups excluding carboxylic acids is 1. The molecule has 259 valence electrons. The minimum atomic E-state index is -2.59. The van der Waals surface area contributed by atoms with Gasteiger partial charge < -0.3 is 5.11 Å². The molecule has 3 nitrogen and oxygen atoms in total. The van der Waals surface area contributed by atoms with Crippen molar-refractivity contribution in [3.05, 3.63) is 101 Å². The van der Waals surface area contributed by atoms with Gasteiger partial charge >= 0.3 is 0 Å². The predicted octanol–water partition coefficient (Wildman–Crippen LogP) is 11.7. The third-order valence-electron chi connectivity index (χ3n) is 9.45. The Labute approximate surface area is 299 Å². The van der Waals surface area contributed by atoms with Crippen molar-refractivity contribution >= 4 is 16.6 Å². The first kappa shape index (κ1) is 39.2. The number of benzene rings is 3. The fourth-order valence-corrected chi connectivity index (χ4v) is 6.42. The molecule has 0 amide bonds. The first-order valence-electron chi connectivity index (χ1n) is 17.2. The minimum absolute atomic E-state index is 0. The molecule has 6 heteroatoms. The summed E-state index contributed by atoms with van der Waals surface area (Å²) in [6, 6.07) is 24.0. The van der Waals surface area contributed by atoms with Crippen molar-refractivity contribution in [2.24, 2.45) is 11.8 Å². The maximum atomic E-state index is 13.8. The van der Waals surface area contributed by atoms with E-state index >= 15 is 0 Å². The van der Waals surface area contributed by atoms with Crippen molar-refractivity contribution in [3.63, 3.8) is 0 Å². The van der Waals surface area contributed by atoms with Crippen LogP contribution in [0.15, 0.2) is 78.7 Å². The molecule has 4 aromatic rings. The van der Waals surface area contributed by atoms with E-state index in [4.69, 9.17) is 0 Å². The number of nitrogens with zero attached hydrogens (tertiary/aromatic N) is 1. The molecule has 1 aliphatic rings. The molecule has 0 bridgehead atoms. The van der Waals surface area contributed by atoms with Gasteiger partial charge in [-0.3, -0.25) is 9.78 Å². The van der Waals surface area contributed by atoms with Crippen LogP contribution in [0.1, 0.15) is 97.3 Å². The van der Waals surface area contributed by atoms with Crippen molar-refractivity contribution < 1.29 is 38.8 Å². The standard InChI is InChI=1S/C29H26F2N.C13H24O2.Ir/c1-28(2,3)26-16-24(15-22-6-4-5-7-25(22)26)27-17-21(11-13-32-27)19-8-9-23-18-29(30,31)12-10-20(23)14-19;1-5-10(6-2)12(14)9-13(15)11(7-3)8-4;/h4-9,11,13-14,16-17H,10,12,18H2,1-3H3;9-11,14H,5-8H2,1-4H3;/q-1;;/b;12-9-;. The van der Waals surface area contributed by atoms with Gasteiger partial charge in [-0.25, -0.2) is 8.78 Å². The largest absolute Gasteiger partial charge is 0.512 e. The van der Waals surface area contributed by atoms with Crippen LogP contribution in [-0.4, -0.2) is 21.8 Å². The van der Waals surface area contributed by atoms with Gasteiger partial charge in [0, 0.05) is 62.7 Å². The molecule has 1 N–H and O–H groups in total. The Balaban J connectivity index is 0.000000334. The van der Waals surface area contributed by atoms with Crippen LogP contribution in [0, 0.1) is 17.9 Å². The van der Waals surface area contributed by atoms with Gasteiger partial charge in [-0.15, -0.1) is 29.1 Å². The van der Waals surface area contributed by atoms with Crippen LogP contribution in [0.4, 0.5) is 8.78 Å². The van der Waals surface area contributed by atoms with Crippen LogP contribution in [0.25, 0.3) is 33.2 Å². The molecule has 0 saturated carbocycles. The average molecular weight is 831 g/mol. The molecule has 0 atom stereocenters. The summed E-state index contributed by atoms with van der Waals surface area (Å²) in [5.41, 5.74) is 6.95. The Morgan fingerprint density at radius 1 is 0.917 bits per heavy atom. The molecule has 1 heterocycles. The third-order valence-corrected chi connectivity index (χ3v) is 9.45. The molecule has 0 spiro atoms. The van der Waals surface area contributed by atoms with Crippen molar-refractivity contribution in [1.82, 2.24) is 4.98 Å². The Kier molecular flexibility index (Phi) is 13.8. The number of aliphatic hydroxyl groups excluding tert-OH is 1. The summed E-state index contributed by atoms with van der Waals surface area (Å²) in [5, 5.41) is 12.1. The molecule has 0 saturated heterocycles. The molecule has 0 fully saturated rings. The average Bonchev–Trinajstić information content (AvgIpc) is 3.04. The van der Waals surface area contributed by atoms with Crippen LogP contribution in [0.3, 0.4) is 0 Å². The van der Waals surface area contributed by atoms with Gasteiger partial charge in [-0.2, -0.15) is 0 Å². The smallest absolute Gasteiger partial charge is 0.252 e. The number of hydrogen-bond acceptors (Lipinski definition) is 3. The number of hydrogen-bond donors (Lipinski definition) is 1. The number of rotatable bonds is 9. The SMILES string of the molecule is CC(C)(C)c1cc(-c2cc(-c3ccc4c(c3)CCC(F)(F)C4)ccn2)[c-]c2ccccc12.CCC(CC)C(=O)/C=C(\O)C(CC)CC.[Ir]. The zero-order valence-electron chi connectivity index (χ0n) is 29.4. The van der Waals surface area contributed by atoms with E-state index in [1.165, 1.54) is 17.0 Å². The number of aliphatic hydroxyl groups is 1. The summed E-state index contributed by atoms with van der Waals surface area (Å²) in [7, 11) is 0. The van der Waals surface area contributed by atoms with Gasteiger partial charge in [0.15, 0.2) is 5.78 Å². The molecule has 1 radical (unpaired) electrons. The number of pyridine rings is 1. The van der Waals surface area contributed by atoms with Crippen molar-refractivity contribution in [2.45, 2.75) is 105 Å². The molecule has 0 unspecified atom stereocenters. The summed E-state index contributed by atoms with van der Waals surface area (Å²) in [4.78, 5) is 16.4. The monoisotopic (exact) mass is 831 g/mol. The van der Waals surface area contributed by atoms with Crippen LogP contribution >= 0.6 is 0 Å². The molecule has 0 aliphatic heterocycles. The number of aryl methyl sites for hydroxylation is 1. The number of halogens is 2. The minimum Gasteiger partial charge on any atom is -0.512 e. The fourth-order valence-electron chi connectivity index (χ4n) is 6.42. The normalized spacial score (nSPS) is 14.3. The zero-order valence-corrected chi connectivity index (χ0v) is 31.8. The quantitative estimate of drug-likeness (QED) is 0.104. The molecule has 48 heavy (non-hydrogen) atoms. The molecule has 5 rings (SSSR count). The Morgan fingerprint density at radius 3 is 2.21 bits per heavy atom. The summed E-state index contributed by atoms with van der Waals surface area (Å²) < 4.78 is 27.5. The maximum absolute atomic E-state index is 13.8. The van der Waals surface area contributed by atoms with E-state index in [1.807, 2.05) is 58.2 Å². The number of aromatic nitrogens is 1. The van der Waals surface area contributed by atoms with Crippen molar-refractivity contribution in [2.75, 3.05) is 0 Å². The predicted molar refractivity (Wildman–Crippen MR) is 191 cm³/mol. The number of alkyl halides is 2. The van der Waals surface area contributed by atoms with E-state index in [9.17, 15) is 18.7 Å². The second kappa shape index (κ2) is 16.9. The fraction of sp³-hybridized carbons (Fsp3) is 0.429. The van der Waals surface area contributed by atoms with Gasteiger partial charge in [0.05, 0.1) is 5.76 Å². The number of fused-ring (bicyclic) bond motifs is 2. The Hall–Kier alpha value is -3.21. The van der Waals surface area contributed by atoms with Crippen molar-refractivity contribution in [1.29, 1.82) is 0 Å². The van der Waals surface area contributed by atoms with Gasteiger partial charge in [0.1, 0.15) is 0 Å². The Morgan fingerprint density at radius 2 is 1.56 bits per heavy atom. The molecular formula is C42H50F2IrNO2-. The first-order chi connectivity index (χ1) is 22.3. The topological polar surface area (TPSA) is 50.2 Å². The van der Waals surface area contributed by atoms with E-state index < -0.39 is 5.92 Å². The van der Waals surface area contributed by atoms with Gasteiger partial charge in [0.25, 0.3) is 5.92 Å². The van der Waals surface area contributed by atoms with Crippen LogP contribution in [-0.2, 0) is 43.2 Å². The number of ketones is 1. The maximum Gasteiger partial charge on any atom is 0.252 e. The molecule has 3 aromatic carbocycles.